The average molecular weight is 144 g/mol. The molecule has 0 aromatic heterocycles. The third-order valence-corrected chi connectivity index (χ3v) is 1.17. The van der Waals surface area contributed by atoms with Gasteiger partial charge >= 0.3 is 5.97 Å². The predicted molar refractivity (Wildman–Crippen MR) is 36.8 cm³/mol. The fourth-order valence-corrected chi connectivity index (χ4v) is 0.650. The molecule has 0 atom stereocenters. The zero-order chi connectivity index (χ0) is 7.98. The van der Waals surface area contributed by atoms with Gasteiger partial charge in [0.05, 0.1) is 0 Å². The second-order valence-corrected chi connectivity index (χ2v) is 2.30. The molecule has 0 aromatic carbocycles. The minimum atomic E-state index is -0.788. The van der Waals surface area contributed by atoms with E-state index < -0.39 is 5.97 Å². The van der Waals surface area contributed by atoms with Gasteiger partial charge in [-0.25, -0.2) is 0 Å². The fourth-order valence-electron chi connectivity index (χ4n) is 0.650. The Morgan fingerprint density at radius 3 is 2.10 bits per heavy atom. The van der Waals surface area contributed by atoms with Crippen LogP contribution in [0.25, 0.3) is 0 Å². The van der Waals surface area contributed by atoms with Gasteiger partial charge in [-0.15, -0.1) is 0 Å². The molecule has 0 radical (unpaired) electrons. The summed E-state index contributed by atoms with van der Waals surface area (Å²) >= 11 is 0. The summed E-state index contributed by atoms with van der Waals surface area (Å²) in [6.45, 7) is 1.51. The summed E-state index contributed by atoms with van der Waals surface area (Å²) in [5.41, 5.74) is 0. The lowest BCUT2D eigenvalue weighted by atomic mass is 10.1. The Kier molecular flexibility index (Phi) is 4.54. The molecule has 3 heteroatoms. The first-order chi connectivity index (χ1) is 4.63. The highest BCUT2D eigenvalue weighted by atomic mass is 16.4. The highest BCUT2D eigenvalue weighted by Gasteiger charge is 1.97. The summed E-state index contributed by atoms with van der Waals surface area (Å²) in [4.78, 5) is 20.3. The molecule has 0 aromatic rings. The van der Waals surface area contributed by atoms with Crippen LogP contribution in [-0.2, 0) is 9.59 Å². The van der Waals surface area contributed by atoms with E-state index in [4.69, 9.17) is 5.11 Å². The first kappa shape index (κ1) is 9.14. The Morgan fingerprint density at radius 1 is 1.20 bits per heavy atom. The van der Waals surface area contributed by atoms with E-state index in [1.54, 1.807) is 0 Å². The lowest BCUT2D eigenvalue weighted by Gasteiger charge is -1.92. The molecular formula is C7H12O3. The van der Waals surface area contributed by atoms with Crippen LogP contribution in [0.5, 0.6) is 0 Å². The van der Waals surface area contributed by atoms with Crippen molar-refractivity contribution in [2.45, 2.75) is 32.6 Å². The molecule has 0 aliphatic carbocycles. The van der Waals surface area contributed by atoms with Gasteiger partial charge in [0.15, 0.2) is 0 Å². The lowest BCUT2D eigenvalue weighted by molar-refractivity contribution is -0.137. The second-order valence-electron chi connectivity index (χ2n) is 2.30. The molecule has 10 heavy (non-hydrogen) atoms. The molecule has 0 aliphatic heterocycles. The van der Waals surface area contributed by atoms with Crippen LogP contribution in [0, 0.1) is 0 Å². The van der Waals surface area contributed by atoms with Gasteiger partial charge in [-0.1, -0.05) is 0 Å². The van der Waals surface area contributed by atoms with E-state index in [1.165, 1.54) is 6.92 Å². The number of hydrogen-bond donors (Lipinski definition) is 1. The zero-order valence-corrected chi connectivity index (χ0v) is 6.09. The number of carboxylic acid groups (broad SMARTS) is 1. The minimum Gasteiger partial charge on any atom is -0.481 e. The molecule has 3 nitrogen and oxygen atoms in total. The van der Waals surface area contributed by atoms with Crippen LogP contribution < -0.4 is 0 Å². The monoisotopic (exact) mass is 144 g/mol. The van der Waals surface area contributed by atoms with Crippen LogP contribution in [0.3, 0.4) is 0 Å². The summed E-state index contributed by atoms with van der Waals surface area (Å²) < 4.78 is 0. The maximum atomic E-state index is 10.3. The van der Waals surface area contributed by atoms with Crippen molar-refractivity contribution >= 4 is 11.8 Å². The lowest BCUT2D eigenvalue weighted by Crippen LogP contribution is -1.95. The minimum absolute atomic E-state index is 0.130. The van der Waals surface area contributed by atoms with E-state index in [2.05, 4.69) is 0 Å². The molecule has 0 bridgehead atoms. The number of aliphatic carboxylic acids is 1. The quantitative estimate of drug-likeness (QED) is 0.590. The van der Waals surface area contributed by atoms with Crippen molar-refractivity contribution in [1.29, 1.82) is 0 Å². The normalized spacial score (nSPS) is 9.30. The maximum Gasteiger partial charge on any atom is 0.303 e. The molecule has 0 fully saturated rings. The average Bonchev–Trinajstić information content (AvgIpc) is 1.79. The highest BCUT2D eigenvalue weighted by Crippen LogP contribution is 1.99. The Hall–Kier alpha value is -0.860. The largest absolute Gasteiger partial charge is 0.481 e. The third-order valence-electron chi connectivity index (χ3n) is 1.17. The van der Waals surface area contributed by atoms with E-state index in [0.717, 1.165) is 0 Å². The Balaban J connectivity index is 3.06. The number of hydrogen-bond acceptors (Lipinski definition) is 2. The molecule has 0 saturated heterocycles. The van der Waals surface area contributed by atoms with Crippen LogP contribution in [-0.4, -0.2) is 16.9 Å². The second kappa shape index (κ2) is 4.97. The van der Waals surface area contributed by atoms with Gasteiger partial charge in [-0.2, -0.15) is 0 Å². The summed E-state index contributed by atoms with van der Waals surface area (Å²) in [5, 5.41) is 8.19. The summed E-state index contributed by atoms with van der Waals surface area (Å²) in [5.74, 6) is -0.658. The maximum absolute atomic E-state index is 10.3. The highest BCUT2D eigenvalue weighted by molar-refractivity contribution is 5.75. The van der Waals surface area contributed by atoms with E-state index in [9.17, 15) is 9.59 Å². The van der Waals surface area contributed by atoms with Crippen LogP contribution in [0.15, 0.2) is 0 Å². The molecular weight excluding hydrogens is 132 g/mol. The SMILES string of the molecule is CC(=O)CCCCC(=O)O. The summed E-state index contributed by atoms with van der Waals surface area (Å²) in [6.07, 6.45) is 1.98. The third kappa shape index (κ3) is 7.14. The van der Waals surface area contributed by atoms with Crippen LogP contribution in [0.1, 0.15) is 32.6 Å². The van der Waals surface area contributed by atoms with E-state index in [-0.39, 0.29) is 12.2 Å². The zero-order valence-electron chi connectivity index (χ0n) is 6.09. The molecule has 0 spiro atoms. The smallest absolute Gasteiger partial charge is 0.303 e. The molecule has 0 aliphatic rings. The number of rotatable bonds is 5. The molecule has 0 saturated carbocycles. The van der Waals surface area contributed by atoms with Crippen molar-refractivity contribution in [1.82, 2.24) is 0 Å². The first-order valence-corrected chi connectivity index (χ1v) is 3.34. The van der Waals surface area contributed by atoms with Crippen molar-refractivity contribution in [3.8, 4) is 0 Å². The number of unbranched alkanes of at least 4 members (excludes halogenated alkanes) is 1. The van der Waals surface area contributed by atoms with Crippen LogP contribution in [0.4, 0.5) is 0 Å². The van der Waals surface area contributed by atoms with Crippen molar-refractivity contribution in [3.63, 3.8) is 0 Å². The topological polar surface area (TPSA) is 54.4 Å². The number of carbonyl (C=O) groups is 2. The van der Waals surface area contributed by atoms with Crippen molar-refractivity contribution in [2.24, 2.45) is 0 Å². The van der Waals surface area contributed by atoms with Crippen molar-refractivity contribution in [3.05, 3.63) is 0 Å². The summed E-state index contributed by atoms with van der Waals surface area (Å²) in [6, 6.07) is 0. The van der Waals surface area contributed by atoms with Gasteiger partial charge in [0.25, 0.3) is 0 Å². The fraction of sp³-hybridized carbons (Fsp3) is 0.714. The van der Waals surface area contributed by atoms with Crippen LogP contribution >= 0.6 is 0 Å². The standard InChI is InChI=1S/C7H12O3/c1-6(8)4-2-3-5-7(9)10/h2-5H2,1H3,(H,9,10). The van der Waals surface area contributed by atoms with Crippen LogP contribution in [0.2, 0.25) is 0 Å². The van der Waals surface area contributed by atoms with Gasteiger partial charge in [0.1, 0.15) is 5.78 Å². The predicted octanol–water partition coefficient (Wildman–Crippen LogP) is 1.22. The van der Waals surface area contributed by atoms with Gasteiger partial charge in [-0.3, -0.25) is 4.79 Å². The number of carbonyl (C=O) groups excluding carboxylic acids is 1. The number of Topliss-reactive ketones (excluding diaryl/α,β-unsaturated/α-hetero) is 1. The Morgan fingerprint density at radius 2 is 1.70 bits per heavy atom. The van der Waals surface area contributed by atoms with Crippen molar-refractivity contribution < 1.29 is 14.7 Å². The summed E-state index contributed by atoms with van der Waals surface area (Å²) in [7, 11) is 0. The molecule has 0 unspecified atom stereocenters. The molecule has 0 rings (SSSR count). The Labute approximate surface area is 60.0 Å². The van der Waals surface area contributed by atoms with Gasteiger partial charge < -0.3 is 9.90 Å². The molecule has 0 amide bonds. The molecule has 58 valence electrons. The van der Waals surface area contributed by atoms with Crippen molar-refractivity contribution in [2.75, 3.05) is 0 Å². The van der Waals surface area contributed by atoms with E-state index in [1.807, 2.05) is 0 Å². The number of ketones is 1. The van der Waals surface area contributed by atoms with Gasteiger partial charge in [0, 0.05) is 12.8 Å². The molecule has 0 heterocycles. The Bertz CT molecular complexity index is 113. The molecule has 1 N–H and O–H groups in total. The number of carboxylic acids is 1. The van der Waals surface area contributed by atoms with E-state index in [0.29, 0.717) is 19.3 Å². The van der Waals surface area contributed by atoms with E-state index >= 15 is 0 Å². The van der Waals surface area contributed by atoms with Gasteiger partial charge in [0.2, 0.25) is 0 Å². The first-order valence-electron chi connectivity index (χ1n) is 3.34. The van der Waals surface area contributed by atoms with Gasteiger partial charge in [-0.05, 0) is 19.8 Å².